The minimum atomic E-state index is -0.124. The molecule has 1 aromatic rings. The maximum Gasteiger partial charge on any atom is 0.226 e. The normalized spacial score (nSPS) is 31.2. The SMILES string of the molecule is O=C(CCNC(=O)C12CC3CC(CC(C3)C1)C2)NCCCc1nnc2n1CCCCC2. The number of fused-ring (bicyclic) bond motifs is 1. The minimum Gasteiger partial charge on any atom is -0.356 e. The summed E-state index contributed by atoms with van der Waals surface area (Å²) in [6.45, 7) is 2.11. The van der Waals surface area contributed by atoms with Crippen molar-refractivity contribution in [3.63, 3.8) is 0 Å². The number of carbonyl (C=O) groups excluding carboxylic acids is 2. The first-order chi connectivity index (χ1) is 15.1. The molecular formula is C24H37N5O2. The van der Waals surface area contributed by atoms with Gasteiger partial charge in [-0.3, -0.25) is 9.59 Å². The van der Waals surface area contributed by atoms with Gasteiger partial charge in [-0.15, -0.1) is 10.2 Å². The summed E-state index contributed by atoms with van der Waals surface area (Å²) in [7, 11) is 0. The van der Waals surface area contributed by atoms with Crippen LogP contribution in [0, 0.1) is 23.2 Å². The molecule has 0 spiro atoms. The lowest BCUT2D eigenvalue weighted by Crippen LogP contribution is -2.53. The second-order valence-corrected chi connectivity index (χ2v) is 10.7. The summed E-state index contributed by atoms with van der Waals surface area (Å²) >= 11 is 0. The van der Waals surface area contributed by atoms with Gasteiger partial charge in [-0.2, -0.15) is 0 Å². The third-order valence-corrected chi connectivity index (χ3v) is 8.24. The number of nitrogens with zero attached hydrogens (tertiary/aromatic N) is 3. The zero-order valence-electron chi connectivity index (χ0n) is 18.7. The van der Waals surface area contributed by atoms with Gasteiger partial charge in [0, 0.05) is 44.3 Å². The van der Waals surface area contributed by atoms with Crippen LogP contribution in [0.3, 0.4) is 0 Å². The molecule has 0 unspecified atom stereocenters. The third kappa shape index (κ3) is 4.51. The van der Waals surface area contributed by atoms with E-state index < -0.39 is 0 Å². The Labute approximate surface area is 185 Å². The molecule has 2 heterocycles. The molecule has 4 saturated carbocycles. The Balaban J connectivity index is 1.000. The topological polar surface area (TPSA) is 88.9 Å². The second-order valence-electron chi connectivity index (χ2n) is 10.7. The van der Waals surface area contributed by atoms with E-state index in [1.54, 1.807) is 0 Å². The monoisotopic (exact) mass is 427 g/mol. The second kappa shape index (κ2) is 8.91. The number of hydrogen-bond donors (Lipinski definition) is 2. The number of carbonyl (C=O) groups is 2. The van der Waals surface area contributed by atoms with Gasteiger partial charge in [0.25, 0.3) is 0 Å². The van der Waals surface area contributed by atoms with Crippen molar-refractivity contribution in [3.05, 3.63) is 11.6 Å². The Bertz CT molecular complexity index is 782. The van der Waals surface area contributed by atoms with Gasteiger partial charge in [0.15, 0.2) is 0 Å². The minimum absolute atomic E-state index is 0.0193. The Morgan fingerprint density at radius 2 is 1.68 bits per heavy atom. The van der Waals surface area contributed by atoms with E-state index in [1.165, 1.54) is 38.5 Å². The third-order valence-electron chi connectivity index (χ3n) is 8.24. The molecule has 0 aromatic carbocycles. The smallest absolute Gasteiger partial charge is 0.226 e. The number of amides is 2. The lowest BCUT2D eigenvalue weighted by atomic mass is 9.49. The Morgan fingerprint density at radius 1 is 0.935 bits per heavy atom. The molecule has 4 fully saturated rings. The van der Waals surface area contributed by atoms with Crippen LogP contribution in [0.25, 0.3) is 0 Å². The van der Waals surface area contributed by atoms with E-state index >= 15 is 0 Å². The highest BCUT2D eigenvalue weighted by atomic mass is 16.2. The van der Waals surface area contributed by atoms with Crippen LogP contribution in [-0.2, 0) is 29.0 Å². The number of hydrogen-bond acceptors (Lipinski definition) is 4. The zero-order valence-corrected chi connectivity index (χ0v) is 18.7. The molecule has 2 amide bonds. The van der Waals surface area contributed by atoms with Crippen LogP contribution < -0.4 is 10.6 Å². The van der Waals surface area contributed by atoms with Gasteiger partial charge < -0.3 is 15.2 Å². The molecule has 7 nitrogen and oxygen atoms in total. The van der Waals surface area contributed by atoms with Gasteiger partial charge in [0.1, 0.15) is 11.6 Å². The van der Waals surface area contributed by atoms with E-state index in [4.69, 9.17) is 0 Å². The number of aromatic nitrogens is 3. The van der Waals surface area contributed by atoms with Gasteiger partial charge in [0.05, 0.1) is 0 Å². The number of nitrogens with one attached hydrogen (secondary N) is 2. The summed E-state index contributed by atoms with van der Waals surface area (Å²) in [5.41, 5.74) is -0.124. The summed E-state index contributed by atoms with van der Waals surface area (Å²) in [6.07, 6.45) is 14.0. The molecule has 1 aromatic heterocycles. The van der Waals surface area contributed by atoms with Gasteiger partial charge in [-0.1, -0.05) is 6.42 Å². The molecule has 170 valence electrons. The van der Waals surface area contributed by atoms with Crippen LogP contribution in [0.5, 0.6) is 0 Å². The first-order valence-electron chi connectivity index (χ1n) is 12.6. The molecular weight excluding hydrogens is 390 g/mol. The molecule has 4 bridgehead atoms. The van der Waals surface area contributed by atoms with Gasteiger partial charge >= 0.3 is 0 Å². The van der Waals surface area contributed by atoms with Gasteiger partial charge in [-0.25, -0.2) is 0 Å². The van der Waals surface area contributed by atoms with Gasteiger partial charge in [-0.05, 0) is 75.5 Å². The lowest BCUT2D eigenvalue weighted by Gasteiger charge is -2.55. The molecule has 0 radical (unpaired) electrons. The first-order valence-corrected chi connectivity index (χ1v) is 12.6. The van der Waals surface area contributed by atoms with E-state index in [0.717, 1.165) is 74.5 Å². The fourth-order valence-electron chi connectivity index (χ4n) is 7.16. The molecule has 31 heavy (non-hydrogen) atoms. The average molecular weight is 428 g/mol. The predicted octanol–water partition coefficient (Wildman–Crippen LogP) is 2.78. The summed E-state index contributed by atoms with van der Waals surface area (Å²) in [4.78, 5) is 25.2. The van der Waals surface area contributed by atoms with Gasteiger partial charge in [0.2, 0.25) is 11.8 Å². The summed E-state index contributed by atoms with van der Waals surface area (Å²) in [5, 5.41) is 14.8. The van der Waals surface area contributed by atoms with Crippen LogP contribution in [-0.4, -0.2) is 39.7 Å². The first kappa shape index (κ1) is 21.0. The van der Waals surface area contributed by atoms with Crippen LogP contribution in [0.2, 0.25) is 0 Å². The summed E-state index contributed by atoms with van der Waals surface area (Å²) < 4.78 is 2.27. The fraction of sp³-hybridized carbons (Fsp3) is 0.833. The summed E-state index contributed by atoms with van der Waals surface area (Å²) in [5.74, 6) is 4.69. The van der Waals surface area contributed by atoms with Crippen molar-refractivity contribution in [2.24, 2.45) is 23.2 Å². The largest absolute Gasteiger partial charge is 0.356 e. The number of aryl methyl sites for hydroxylation is 2. The molecule has 0 saturated heterocycles. The van der Waals surface area contributed by atoms with E-state index in [9.17, 15) is 9.59 Å². The van der Waals surface area contributed by atoms with Crippen LogP contribution >= 0.6 is 0 Å². The van der Waals surface area contributed by atoms with E-state index in [2.05, 4.69) is 25.4 Å². The Kier molecular flexibility index (Phi) is 6.02. The molecule has 0 atom stereocenters. The molecule has 5 aliphatic rings. The standard InChI is InChI=1S/C24H37N5O2/c30-22(25-8-4-6-21-28-27-20-5-2-1-3-10-29(20)21)7-9-26-23(31)24-14-17-11-18(15-24)13-19(12-17)16-24/h17-19H,1-16H2,(H,25,30)(H,26,31). The fourth-order valence-corrected chi connectivity index (χ4v) is 7.16. The average Bonchev–Trinajstić information content (AvgIpc) is 2.96. The quantitative estimate of drug-likeness (QED) is 0.625. The molecule has 1 aliphatic heterocycles. The van der Waals surface area contributed by atoms with Crippen LogP contribution in [0.15, 0.2) is 0 Å². The lowest BCUT2D eigenvalue weighted by molar-refractivity contribution is -0.146. The Morgan fingerprint density at radius 3 is 2.42 bits per heavy atom. The van der Waals surface area contributed by atoms with Crippen molar-refractivity contribution < 1.29 is 9.59 Å². The van der Waals surface area contributed by atoms with Crippen LogP contribution in [0.1, 0.15) is 82.3 Å². The van der Waals surface area contributed by atoms with Crippen molar-refractivity contribution in [2.75, 3.05) is 13.1 Å². The van der Waals surface area contributed by atoms with E-state index in [1.807, 2.05) is 0 Å². The highest BCUT2D eigenvalue weighted by molar-refractivity contribution is 5.84. The van der Waals surface area contributed by atoms with Crippen LogP contribution in [0.4, 0.5) is 0 Å². The molecule has 7 heteroatoms. The van der Waals surface area contributed by atoms with Crippen molar-refractivity contribution in [3.8, 4) is 0 Å². The molecule has 2 N–H and O–H groups in total. The van der Waals surface area contributed by atoms with Crippen molar-refractivity contribution in [2.45, 2.75) is 90.0 Å². The van der Waals surface area contributed by atoms with E-state index in [-0.39, 0.29) is 17.2 Å². The zero-order chi connectivity index (χ0) is 21.3. The van der Waals surface area contributed by atoms with Crippen molar-refractivity contribution in [1.29, 1.82) is 0 Å². The maximum absolute atomic E-state index is 13.0. The Hall–Kier alpha value is -1.92. The highest BCUT2D eigenvalue weighted by Crippen LogP contribution is 2.60. The predicted molar refractivity (Wildman–Crippen MR) is 117 cm³/mol. The highest BCUT2D eigenvalue weighted by Gasteiger charge is 2.54. The molecule has 4 aliphatic carbocycles. The molecule has 6 rings (SSSR count). The maximum atomic E-state index is 13.0. The van der Waals surface area contributed by atoms with Crippen molar-refractivity contribution >= 4 is 11.8 Å². The summed E-state index contributed by atoms with van der Waals surface area (Å²) in [6, 6.07) is 0. The van der Waals surface area contributed by atoms with Crippen molar-refractivity contribution in [1.82, 2.24) is 25.4 Å². The number of rotatable bonds is 8. The van der Waals surface area contributed by atoms with E-state index in [0.29, 0.717) is 19.5 Å².